The average molecular weight is 444 g/mol. The molecular weight excluding hydrogens is 421 g/mol. The van der Waals surface area contributed by atoms with E-state index < -0.39 is 0 Å². The van der Waals surface area contributed by atoms with Crippen LogP contribution in [0.3, 0.4) is 0 Å². The number of thioether (sulfide) groups is 2. The number of ketones is 1. The first-order valence-corrected chi connectivity index (χ1v) is 11.4. The van der Waals surface area contributed by atoms with E-state index in [9.17, 15) is 9.18 Å². The Morgan fingerprint density at radius 1 is 1.17 bits per heavy atom. The standard InChI is InChI=1S/C22H22FN3O2S2/c1-3-12-26-21(15-29-13-17-6-4-5-7-19(17)23)24-25-22(26)30-14-20(27)16-8-10-18(28-2)11-9-16/h3-11H,1,12-15H2,2H3. The maximum absolute atomic E-state index is 13.8. The van der Waals surface area contributed by atoms with E-state index in [1.807, 2.05) is 10.6 Å². The fraction of sp³-hybridized carbons (Fsp3) is 0.227. The lowest BCUT2D eigenvalue weighted by molar-refractivity contribution is 0.102. The first-order valence-electron chi connectivity index (χ1n) is 9.26. The van der Waals surface area contributed by atoms with Gasteiger partial charge in [0.2, 0.25) is 0 Å². The molecule has 156 valence electrons. The molecule has 2 aromatic carbocycles. The number of aromatic nitrogens is 3. The number of ether oxygens (including phenoxy) is 1. The molecule has 3 rings (SSSR count). The number of carbonyl (C=O) groups is 1. The Kier molecular flexibility index (Phi) is 8.10. The van der Waals surface area contributed by atoms with Crippen LogP contribution in [-0.2, 0) is 18.1 Å². The molecule has 0 aliphatic rings. The van der Waals surface area contributed by atoms with Crippen LogP contribution in [0.2, 0.25) is 0 Å². The number of hydrogen-bond donors (Lipinski definition) is 0. The summed E-state index contributed by atoms with van der Waals surface area (Å²) in [4.78, 5) is 12.5. The van der Waals surface area contributed by atoms with Crippen LogP contribution < -0.4 is 4.74 Å². The second-order valence-electron chi connectivity index (χ2n) is 6.32. The van der Waals surface area contributed by atoms with E-state index in [-0.39, 0.29) is 17.4 Å². The van der Waals surface area contributed by atoms with Gasteiger partial charge in [-0.05, 0) is 35.9 Å². The number of rotatable bonds is 11. The monoisotopic (exact) mass is 443 g/mol. The van der Waals surface area contributed by atoms with Crippen molar-refractivity contribution in [2.75, 3.05) is 12.9 Å². The number of benzene rings is 2. The maximum atomic E-state index is 13.8. The van der Waals surface area contributed by atoms with Gasteiger partial charge in [-0.3, -0.25) is 4.79 Å². The molecule has 0 aliphatic carbocycles. The van der Waals surface area contributed by atoms with Crippen LogP contribution >= 0.6 is 23.5 Å². The van der Waals surface area contributed by atoms with E-state index in [4.69, 9.17) is 4.74 Å². The third kappa shape index (κ3) is 5.73. The first-order chi connectivity index (χ1) is 14.6. The minimum absolute atomic E-state index is 0.00582. The molecule has 0 saturated carbocycles. The molecular formula is C22H22FN3O2S2. The van der Waals surface area contributed by atoms with Gasteiger partial charge in [-0.2, -0.15) is 0 Å². The summed E-state index contributed by atoms with van der Waals surface area (Å²) in [5.41, 5.74) is 1.29. The van der Waals surface area contributed by atoms with Crippen molar-refractivity contribution in [1.82, 2.24) is 14.8 Å². The van der Waals surface area contributed by atoms with Gasteiger partial charge in [0.1, 0.15) is 17.4 Å². The summed E-state index contributed by atoms with van der Waals surface area (Å²) in [6.07, 6.45) is 1.77. The lowest BCUT2D eigenvalue weighted by Crippen LogP contribution is -2.06. The zero-order chi connectivity index (χ0) is 21.3. The molecule has 8 heteroatoms. The SMILES string of the molecule is C=CCn1c(CSCc2ccccc2F)nnc1SCC(=O)c1ccc(OC)cc1. The first kappa shape index (κ1) is 22.1. The Morgan fingerprint density at radius 3 is 2.63 bits per heavy atom. The average Bonchev–Trinajstić information content (AvgIpc) is 3.15. The number of allylic oxidation sites excluding steroid dienone is 1. The molecule has 0 spiro atoms. The summed E-state index contributed by atoms with van der Waals surface area (Å²) in [6, 6.07) is 13.8. The summed E-state index contributed by atoms with van der Waals surface area (Å²) in [6.45, 7) is 4.34. The zero-order valence-electron chi connectivity index (χ0n) is 16.6. The summed E-state index contributed by atoms with van der Waals surface area (Å²) >= 11 is 2.91. The van der Waals surface area contributed by atoms with Crippen molar-refractivity contribution >= 4 is 29.3 Å². The van der Waals surface area contributed by atoms with Crippen LogP contribution in [0.25, 0.3) is 0 Å². The van der Waals surface area contributed by atoms with E-state index in [1.165, 1.54) is 17.8 Å². The lowest BCUT2D eigenvalue weighted by atomic mass is 10.1. The van der Waals surface area contributed by atoms with Gasteiger partial charge in [-0.25, -0.2) is 4.39 Å². The molecule has 0 saturated heterocycles. The molecule has 3 aromatic rings. The third-order valence-corrected chi connectivity index (χ3v) is 6.24. The fourth-order valence-electron chi connectivity index (χ4n) is 2.70. The predicted octanol–water partition coefficient (Wildman–Crippen LogP) is 5.02. The Bertz CT molecular complexity index is 1010. The molecule has 1 aromatic heterocycles. The van der Waals surface area contributed by atoms with Crippen molar-refractivity contribution in [2.45, 2.75) is 23.2 Å². The highest BCUT2D eigenvalue weighted by atomic mass is 32.2. The maximum Gasteiger partial charge on any atom is 0.191 e. The molecule has 1 heterocycles. The van der Waals surface area contributed by atoms with E-state index in [0.29, 0.717) is 40.1 Å². The number of methoxy groups -OCH3 is 1. The highest BCUT2D eigenvalue weighted by Crippen LogP contribution is 2.24. The van der Waals surface area contributed by atoms with Gasteiger partial charge in [-0.1, -0.05) is 36.0 Å². The molecule has 5 nitrogen and oxygen atoms in total. The molecule has 0 N–H and O–H groups in total. The van der Waals surface area contributed by atoms with Crippen molar-refractivity contribution in [1.29, 1.82) is 0 Å². The largest absolute Gasteiger partial charge is 0.497 e. The molecule has 0 unspecified atom stereocenters. The summed E-state index contributed by atoms with van der Waals surface area (Å²) in [7, 11) is 1.59. The second-order valence-corrected chi connectivity index (χ2v) is 8.25. The van der Waals surface area contributed by atoms with Crippen molar-refractivity contribution < 1.29 is 13.9 Å². The van der Waals surface area contributed by atoms with Gasteiger partial charge in [0.15, 0.2) is 10.9 Å². The van der Waals surface area contributed by atoms with Gasteiger partial charge in [0.25, 0.3) is 0 Å². The topological polar surface area (TPSA) is 57.0 Å². The summed E-state index contributed by atoms with van der Waals surface area (Å²) in [5, 5.41) is 9.17. The molecule has 0 amide bonds. The molecule has 0 bridgehead atoms. The Morgan fingerprint density at radius 2 is 1.93 bits per heavy atom. The third-order valence-electron chi connectivity index (χ3n) is 4.30. The number of Topliss-reactive ketones (excluding diaryl/α,β-unsaturated/α-hetero) is 1. The molecule has 30 heavy (non-hydrogen) atoms. The fourth-order valence-corrected chi connectivity index (χ4v) is 4.52. The van der Waals surface area contributed by atoms with E-state index in [0.717, 1.165) is 5.82 Å². The zero-order valence-corrected chi connectivity index (χ0v) is 18.2. The Hall–Kier alpha value is -2.58. The minimum atomic E-state index is -0.203. The van der Waals surface area contributed by atoms with Crippen LogP contribution in [0.1, 0.15) is 21.7 Å². The minimum Gasteiger partial charge on any atom is -0.497 e. The van der Waals surface area contributed by atoms with Crippen LogP contribution in [0.4, 0.5) is 4.39 Å². The molecule has 0 fully saturated rings. The van der Waals surface area contributed by atoms with Crippen LogP contribution in [-0.4, -0.2) is 33.4 Å². The molecule has 0 aliphatic heterocycles. The number of hydrogen-bond acceptors (Lipinski definition) is 6. The van der Waals surface area contributed by atoms with Crippen LogP contribution in [0.15, 0.2) is 66.3 Å². The van der Waals surface area contributed by atoms with Gasteiger partial charge < -0.3 is 9.30 Å². The lowest BCUT2D eigenvalue weighted by Gasteiger charge is -2.08. The van der Waals surface area contributed by atoms with E-state index in [2.05, 4.69) is 16.8 Å². The summed E-state index contributed by atoms with van der Waals surface area (Å²) in [5.74, 6) is 2.67. The molecule has 0 radical (unpaired) electrons. The number of nitrogens with zero attached hydrogens (tertiary/aromatic N) is 3. The van der Waals surface area contributed by atoms with Crippen molar-refractivity contribution in [3.05, 3.63) is 84.0 Å². The van der Waals surface area contributed by atoms with Crippen molar-refractivity contribution in [3.8, 4) is 5.75 Å². The van der Waals surface area contributed by atoms with E-state index in [1.54, 1.807) is 61.3 Å². The van der Waals surface area contributed by atoms with Gasteiger partial charge in [-0.15, -0.1) is 28.5 Å². The van der Waals surface area contributed by atoms with Gasteiger partial charge in [0.05, 0.1) is 18.6 Å². The number of halogens is 1. The second kappa shape index (κ2) is 11.0. The highest BCUT2D eigenvalue weighted by molar-refractivity contribution is 7.99. The predicted molar refractivity (Wildman–Crippen MR) is 120 cm³/mol. The Balaban J connectivity index is 1.61. The number of carbonyl (C=O) groups excluding carboxylic acids is 1. The Labute approximate surface area is 183 Å². The van der Waals surface area contributed by atoms with Crippen LogP contribution in [0.5, 0.6) is 5.75 Å². The van der Waals surface area contributed by atoms with Crippen LogP contribution in [0, 0.1) is 5.82 Å². The highest BCUT2D eigenvalue weighted by Gasteiger charge is 2.15. The van der Waals surface area contributed by atoms with Gasteiger partial charge in [0, 0.05) is 17.9 Å². The smallest absolute Gasteiger partial charge is 0.191 e. The normalized spacial score (nSPS) is 10.7. The van der Waals surface area contributed by atoms with Crippen molar-refractivity contribution in [3.63, 3.8) is 0 Å². The van der Waals surface area contributed by atoms with E-state index >= 15 is 0 Å². The van der Waals surface area contributed by atoms with Crippen molar-refractivity contribution in [2.24, 2.45) is 0 Å². The molecule has 0 atom stereocenters. The summed E-state index contributed by atoms with van der Waals surface area (Å²) < 4.78 is 20.8. The van der Waals surface area contributed by atoms with Gasteiger partial charge >= 0.3 is 0 Å². The quantitative estimate of drug-likeness (QED) is 0.236.